The van der Waals surface area contributed by atoms with E-state index in [-0.39, 0.29) is 17.0 Å². The molecule has 0 bridgehead atoms. The van der Waals surface area contributed by atoms with E-state index in [1.807, 2.05) is 12.1 Å². The lowest BCUT2D eigenvalue weighted by Crippen LogP contribution is -2.44. The number of nitrogens with zero attached hydrogens (tertiary/aromatic N) is 1. The van der Waals surface area contributed by atoms with Crippen molar-refractivity contribution in [1.29, 1.82) is 0 Å². The Bertz CT molecular complexity index is 891. The molecule has 0 spiro atoms. The Morgan fingerprint density at radius 3 is 2.68 bits per heavy atom. The van der Waals surface area contributed by atoms with Crippen LogP contribution in [0.15, 0.2) is 59.1 Å². The summed E-state index contributed by atoms with van der Waals surface area (Å²) >= 11 is 3.52. The fraction of sp³-hybridized carbons (Fsp3) is 0.286. The Labute approximate surface area is 171 Å². The summed E-state index contributed by atoms with van der Waals surface area (Å²) in [6.45, 7) is 1.77. The molecule has 0 unspecified atom stereocenters. The van der Waals surface area contributed by atoms with Crippen LogP contribution in [-0.4, -0.2) is 30.6 Å². The molecule has 1 N–H and O–H groups in total. The minimum Gasteiger partial charge on any atom is -0.381 e. The molecule has 1 amide bonds. The second-order valence-corrected chi connectivity index (χ2v) is 7.69. The van der Waals surface area contributed by atoms with Gasteiger partial charge in [-0.15, -0.1) is 0 Å². The maximum Gasteiger partial charge on any atom is 0.276 e. The van der Waals surface area contributed by atoms with E-state index in [1.165, 1.54) is 18.2 Å². The molecule has 0 atom stereocenters. The van der Waals surface area contributed by atoms with Gasteiger partial charge in [0.15, 0.2) is 0 Å². The van der Waals surface area contributed by atoms with Crippen molar-refractivity contribution in [2.75, 3.05) is 19.8 Å². The molecular formula is C21H21BrN2O4. The number of carbonyl (C=O) groups excluding carboxylic acids is 1. The molecule has 3 rings (SSSR count). The normalized spacial score (nSPS) is 16.0. The first kappa shape index (κ1) is 20.2. The largest absolute Gasteiger partial charge is 0.381 e. The van der Waals surface area contributed by atoms with Crippen LogP contribution in [0.1, 0.15) is 24.0 Å². The highest BCUT2D eigenvalue weighted by Crippen LogP contribution is 2.35. The van der Waals surface area contributed by atoms with Crippen LogP contribution in [0.5, 0.6) is 0 Å². The van der Waals surface area contributed by atoms with Gasteiger partial charge in [0.2, 0.25) is 5.91 Å². The number of amides is 1. The van der Waals surface area contributed by atoms with E-state index in [1.54, 1.807) is 18.2 Å². The van der Waals surface area contributed by atoms with Gasteiger partial charge in [-0.05, 0) is 42.7 Å². The van der Waals surface area contributed by atoms with E-state index >= 15 is 0 Å². The highest BCUT2D eigenvalue weighted by Gasteiger charge is 2.34. The predicted molar refractivity (Wildman–Crippen MR) is 111 cm³/mol. The molecule has 1 heterocycles. The Kier molecular flexibility index (Phi) is 6.59. The summed E-state index contributed by atoms with van der Waals surface area (Å²) in [7, 11) is 0. The summed E-state index contributed by atoms with van der Waals surface area (Å²) in [5.41, 5.74) is 1.34. The first-order valence-corrected chi connectivity index (χ1v) is 9.83. The van der Waals surface area contributed by atoms with Gasteiger partial charge in [0.25, 0.3) is 5.69 Å². The van der Waals surface area contributed by atoms with Gasteiger partial charge in [0.05, 0.1) is 10.5 Å². The van der Waals surface area contributed by atoms with Gasteiger partial charge in [0.1, 0.15) is 0 Å². The van der Waals surface area contributed by atoms with Crippen molar-refractivity contribution in [2.24, 2.45) is 0 Å². The Morgan fingerprint density at radius 2 is 1.96 bits per heavy atom. The third-order valence-corrected chi connectivity index (χ3v) is 5.53. The van der Waals surface area contributed by atoms with Crippen LogP contribution >= 0.6 is 15.9 Å². The topological polar surface area (TPSA) is 81.5 Å². The molecule has 2 aromatic rings. The lowest BCUT2D eigenvalue weighted by molar-refractivity contribution is -0.385. The number of rotatable bonds is 6. The molecule has 7 heteroatoms. The van der Waals surface area contributed by atoms with Gasteiger partial charge < -0.3 is 10.1 Å². The first-order valence-electron chi connectivity index (χ1n) is 9.03. The maximum absolute atomic E-state index is 12.4. The van der Waals surface area contributed by atoms with Gasteiger partial charge in [0, 0.05) is 41.8 Å². The van der Waals surface area contributed by atoms with Crippen molar-refractivity contribution < 1.29 is 14.5 Å². The number of hydrogen-bond acceptors (Lipinski definition) is 4. The first-order chi connectivity index (χ1) is 13.5. The number of nitro benzene ring substituents is 1. The summed E-state index contributed by atoms with van der Waals surface area (Å²) in [5.74, 6) is -0.279. The molecule has 1 aliphatic heterocycles. The summed E-state index contributed by atoms with van der Waals surface area (Å²) in [6, 6.07) is 14.5. The van der Waals surface area contributed by atoms with Crippen LogP contribution in [0.4, 0.5) is 5.69 Å². The molecule has 0 aliphatic carbocycles. The number of benzene rings is 2. The zero-order valence-corrected chi connectivity index (χ0v) is 16.9. The number of hydrogen-bond donors (Lipinski definition) is 1. The number of carbonyl (C=O) groups is 1. The molecule has 1 fully saturated rings. The van der Waals surface area contributed by atoms with E-state index in [4.69, 9.17) is 4.74 Å². The molecule has 2 aromatic carbocycles. The van der Waals surface area contributed by atoms with Crippen LogP contribution in [0.25, 0.3) is 6.08 Å². The molecule has 28 heavy (non-hydrogen) atoms. The average molecular weight is 445 g/mol. The van der Waals surface area contributed by atoms with Crippen molar-refractivity contribution in [1.82, 2.24) is 5.32 Å². The molecular weight excluding hydrogens is 424 g/mol. The summed E-state index contributed by atoms with van der Waals surface area (Å²) in [6.07, 6.45) is 4.45. The summed E-state index contributed by atoms with van der Waals surface area (Å²) < 4.78 is 6.52. The average Bonchev–Trinajstić information content (AvgIpc) is 2.71. The minimum absolute atomic E-state index is 0.0263. The number of nitrogens with one attached hydrogen (secondary N) is 1. The molecule has 1 saturated heterocycles. The second kappa shape index (κ2) is 9.12. The monoisotopic (exact) mass is 444 g/mol. The summed E-state index contributed by atoms with van der Waals surface area (Å²) in [4.78, 5) is 23.0. The lowest BCUT2D eigenvalue weighted by Gasteiger charge is -2.38. The smallest absolute Gasteiger partial charge is 0.276 e. The molecule has 0 saturated carbocycles. The van der Waals surface area contributed by atoms with Crippen molar-refractivity contribution >= 4 is 33.6 Å². The van der Waals surface area contributed by atoms with Crippen LogP contribution in [-0.2, 0) is 14.9 Å². The van der Waals surface area contributed by atoms with Crippen LogP contribution in [0.2, 0.25) is 0 Å². The van der Waals surface area contributed by atoms with Gasteiger partial charge >= 0.3 is 0 Å². The third-order valence-electron chi connectivity index (χ3n) is 5.04. The molecule has 6 nitrogen and oxygen atoms in total. The van der Waals surface area contributed by atoms with Gasteiger partial charge in [-0.2, -0.15) is 0 Å². The number of halogens is 1. The van der Waals surface area contributed by atoms with Gasteiger partial charge in [-0.25, -0.2) is 0 Å². The number of ether oxygens (including phenoxy) is 1. The van der Waals surface area contributed by atoms with Crippen LogP contribution < -0.4 is 5.32 Å². The zero-order chi connectivity index (χ0) is 20.0. The van der Waals surface area contributed by atoms with Gasteiger partial charge in [-0.3, -0.25) is 14.9 Å². The molecule has 0 aromatic heterocycles. The summed E-state index contributed by atoms with van der Waals surface area (Å²) in [5, 5.41) is 14.0. The fourth-order valence-corrected chi connectivity index (χ4v) is 3.82. The van der Waals surface area contributed by atoms with Crippen LogP contribution in [0, 0.1) is 10.1 Å². The predicted octanol–water partition coefficient (Wildman–Crippen LogP) is 4.24. The Morgan fingerprint density at radius 1 is 1.21 bits per heavy atom. The van der Waals surface area contributed by atoms with E-state index in [2.05, 4.69) is 33.4 Å². The Balaban J connectivity index is 1.72. The Hall–Kier alpha value is -2.51. The van der Waals surface area contributed by atoms with Gasteiger partial charge in [-0.1, -0.05) is 40.2 Å². The fourth-order valence-electron chi connectivity index (χ4n) is 3.42. The molecule has 146 valence electrons. The second-order valence-electron chi connectivity index (χ2n) is 6.77. The SMILES string of the molecule is O=C(/C=C/c1ccccc1[N+](=O)[O-])NCC1(c2cccc(Br)c2)CCOCC1. The lowest BCUT2D eigenvalue weighted by atomic mass is 9.74. The van der Waals surface area contributed by atoms with Crippen molar-refractivity contribution in [3.8, 4) is 0 Å². The van der Waals surface area contributed by atoms with E-state index in [0.29, 0.717) is 25.3 Å². The van der Waals surface area contributed by atoms with Crippen molar-refractivity contribution in [3.63, 3.8) is 0 Å². The molecule has 1 aliphatic rings. The van der Waals surface area contributed by atoms with E-state index in [9.17, 15) is 14.9 Å². The highest BCUT2D eigenvalue weighted by atomic mass is 79.9. The van der Waals surface area contributed by atoms with Crippen molar-refractivity contribution in [2.45, 2.75) is 18.3 Å². The standard InChI is InChI=1S/C21H21BrN2O4/c22-18-6-3-5-17(14-18)21(10-12-28-13-11-21)15-23-20(25)9-8-16-4-1-2-7-19(16)24(26)27/h1-9,14H,10-13,15H2,(H,23,25)/b9-8+. The quantitative estimate of drug-likeness (QED) is 0.410. The highest BCUT2D eigenvalue weighted by molar-refractivity contribution is 9.10. The zero-order valence-electron chi connectivity index (χ0n) is 15.3. The third kappa shape index (κ3) is 4.85. The minimum atomic E-state index is -0.456. The number of para-hydroxylation sites is 1. The maximum atomic E-state index is 12.4. The molecule has 0 radical (unpaired) electrons. The van der Waals surface area contributed by atoms with E-state index in [0.717, 1.165) is 22.9 Å². The van der Waals surface area contributed by atoms with E-state index < -0.39 is 4.92 Å². The van der Waals surface area contributed by atoms with Crippen LogP contribution in [0.3, 0.4) is 0 Å². The van der Waals surface area contributed by atoms with Crippen molar-refractivity contribution in [3.05, 3.63) is 80.3 Å². The number of nitro groups is 1.